The van der Waals surface area contributed by atoms with Crippen LogP contribution in [0.25, 0.3) is 10.8 Å². The Morgan fingerprint density at radius 2 is 1.71 bits per heavy atom. The zero-order chi connectivity index (χ0) is 21.4. The SMILES string of the molecule is O=C(CN1C(=O)NC2(CCCC2)C1=O)N1CC[NH+](Cc2cccc3ccccc23)CC1. The smallest absolute Gasteiger partial charge is 0.325 e. The highest BCUT2D eigenvalue weighted by Crippen LogP contribution is 2.34. The molecule has 2 aliphatic heterocycles. The van der Waals surface area contributed by atoms with E-state index in [0.29, 0.717) is 25.9 Å². The number of hydrogen-bond acceptors (Lipinski definition) is 3. The fourth-order valence-electron chi connectivity index (χ4n) is 5.34. The van der Waals surface area contributed by atoms with E-state index in [1.165, 1.54) is 21.2 Å². The van der Waals surface area contributed by atoms with Crippen molar-refractivity contribution in [3.05, 3.63) is 48.0 Å². The van der Waals surface area contributed by atoms with Crippen LogP contribution < -0.4 is 10.2 Å². The Bertz CT molecular complexity index is 1020. The Hall–Kier alpha value is -2.93. The third-order valence-electron chi connectivity index (χ3n) is 7.14. The molecular weight excluding hydrogens is 392 g/mol. The maximum atomic E-state index is 12.8. The summed E-state index contributed by atoms with van der Waals surface area (Å²) in [5.41, 5.74) is 0.577. The number of rotatable bonds is 4. The van der Waals surface area contributed by atoms with Gasteiger partial charge in [-0.3, -0.25) is 14.5 Å². The van der Waals surface area contributed by atoms with Gasteiger partial charge in [-0.15, -0.1) is 0 Å². The third-order valence-corrected chi connectivity index (χ3v) is 7.14. The summed E-state index contributed by atoms with van der Waals surface area (Å²) >= 11 is 0. The van der Waals surface area contributed by atoms with Crippen LogP contribution in [0.15, 0.2) is 42.5 Å². The lowest BCUT2D eigenvalue weighted by Crippen LogP contribution is -3.13. The molecule has 0 bridgehead atoms. The molecule has 2 aromatic rings. The number of urea groups is 1. The summed E-state index contributed by atoms with van der Waals surface area (Å²) in [5.74, 6) is -0.355. The molecule has 7 nitrogen and oxygen atoms in total. The molecule has 2 heterocycles. The van der Waals surface area contributed by atoms with E-state index in [4.69, 9.17) is 0 Å². The van der Waals surface area contributed by atoms with Crippen molar-refractivity contribution in [1.29, 1.82) is 0 Å². The van der Waals surface area contributed by atoms with Crippen molar-refractivity contribution < 1.29 is 19.3 Å². The summed E-state index contributed by atoms with van der Waals surface area (Å²) in [7, 11) is 0. The molecule has 31 heavy (non-hydrogen) atoms. The summed E-state index contributed by atoms with van der Waals surface area (Å²) < 4.78 is 0. The first kappa shape index (κ1) is 20.0. The quantitative estimate of drug-likeness (QED) is 0.722. The van der Waals surface area contributed by atoms with E-state index in [0.717, 1.165) is 37.4 Å². The van der Waals surface area contributed by atoms with Crippen LogP contribution in [0.5, 0.6) is 0 Å². The van der Waals surface area contributed by atoms with Crippen LogP contribution in [-0.2, 0) is 16.1 Å². The average Bonchev–Trinajstić information content (AvgIpc) is 3.35. The van der Waals surface area contributed by atoms with E-state index in [9.17, 15) is 14.4 Å². The second-order valence-corrected chi connectivity index (χ2v) is 9.06. The average molecular weight is 422 g/mol. The predicted molar refractivity (Wildman–Crippen MR) is 116 cm³/mol. The molecule has 0 atom stereocenters. The van der Waals surface area contributed by atoms with Crippen molar-refractivity contribution in [3.8, 4) is 0 Å². The van der Waals surface area contributed by atoms with Gasteiger partial charge in [0.15, 0.2) is 0 Å². The second-order valence-electron chi connectivity index (χ2n) is 9.06. The molecule has 2 aromatic carbocycles. The molecular formula is C24H29N4O3+. The van der Waals surface area contributed by atoms with Crippen LogP contribution in [0.1, 0.15) is 31.2 Å². The highest BCUT2D eigenvalue weighted by atomic mass is 16.2. The topological polar surface area (TPSA) is 74.2 Å². The lowest BCUT2D eigenvalue weighted by atomic mass is 9.98. The number of carbonyl (C=O) groups is 3. The molecule has 4 amide bonds. The Labute approximate surface area is 182 Å². The van der Waals surface area contributed by atoms with Crippen LogP contribution >= 0.6 is 0 Å². The number of hydrogen-bond donors (Lipinski definition) is 2. The van der Waals surface area contributed by atoms with Gasteiger partial charge >= 0.3 is 6.03 Å². The standard InChI is InChI=1S/C24H28N4O3/c29-21(17-28-22(30)24(25-23(28)31)10-3-4-11-24)27-14-12-26(13-15-27)16-19-8-5-7-18-6-1-2-9-20(18)19/h1-2,5-9H,3-4,10-17H2,(H,25,31)/p+1. The van der Waals surface area contributed by atoms with E-state index in [2.05, 4.69) is 47.8 Å². The summed E-state index contributed by atoms with van der Waals surface area (Å²) in [6.07, 6.45) is 3.24. The highest BCUT2D eigenvalue weighted by molar-refractivity contribution is 6.09. The minimum Gasteiger partial charge on any atom is -0.330 e. The van der Waals surface area contributed by atoms with Crippen molar-refractivity contribution in [2.45, 2.75) is 37.8 Å². The monoisotopic (exact) mass is 421 g/mol. The van der Waals surface area contributed by atoms with Gasteiger partial charge in [-0.1, -0.05) is 55.3 Å². The fourth-order valence-corrected chi connectivity index (χ4v) is 5.34. The minimum atomic E-state index is -0.751. The molecule has 2 saturated heterocycles. The number of carbonyl (C=O) groups excluding carboxylic acids is 3. The molecule has 0 unspecified atom stereocenters. The summed E-state index contributed by atoms with van der Waals surface area (Å²) in [5, 5.41) is 5.39. The first-order valence-electron chi connectivity index (χ1n) is 11.3. The van der Waals surface area contributed by atoms with Gasteiger partial charge in [-0.25, -0.2) is 4.79 Å². The van der Waals surface area contributed by atoms with Crippen molar-refractivity contribution in [2.75, 3.05) is 32.7 Å². The summed E-state index contributed by atoms with van der Waals surface area (Å²) in [6, 6.07) is 14.4. The molecule has 0 aromatic heterocycles. The number of nitrogens with zero attached hydrogens (tertiary/aromatic N) is 2. The second kappa shape index (κ2) is 7.96. The summed E-state index contributed by atoms with van der Waals surface area (Å²) in [6.45, 7) is 3.80. The number of imide groups is 1. The molecule has 1 spiro atoms. The molecule has 1 aliphatic carbocycles. The lowest BCUT2D eigenvalue weighted by Gasteiger charge is -2.33. The van der Waals surface area contributed by atoms with E-state index in [-0.39, 0.29) is 18.4 Å². The van der Waals surface area contributed by atoms with Crippen LogP contribution in [-0.4, -0.2) is 65.9 Å². The largest absolute Gasteiger partial charge is 0.330 e. The first-order valence-corrected chi connectivity index (χ1v) is 11.3. The number of fused-ring (bicyclic) bond motifs is 1. The van der Waals surface area contributed by atoms with Crippen molar-refractivity contribution in [3.63, 3.8) is 0 Å². The summed E-state index contributed by atoms with van der Waals surface area (Å²) in [4.78, 5) is 42.3. The van der Waals surface area contributed by atoms with Crippen LogP contribution in [0.2, 0.25) is 0 Å². The lowest BCUT2D eigenvalue weighted by molar-refractivity contribution is -0.917. The van der Waals surface area contributed by atoms with E-state index >= 15 is 0 Å². The Kier molecular flexibility index (Phi) is 5.14. The Morgan fingerprint density at radius 1 is 1.00 bits per heavy atom. The van der Waals surface area contributed by atoms with E-state index in [1.54, 1.807) is 4.90 Å². The van der Waals surface area contributed by atoms with Gasteiger partial charge in [0.1, 0.15) is 18.6 Å². The van der Waals surface area contributed by atoms with Gasteiger partial charge in [-0.2, -0.15) is 0 Å². The molecule has 162 valence electrons. The normalized spacial score (nSPS) is 21.3. The maximum Gasteiger partial charge on any atom is 0.325 e. The number of quaternary nitrogens is 1. The minimum absolute atomic E-state index is 0.136. The Balaban J connectivity index is 1.17. The van der Waals surface area contributed by atoms with Gasteiger partial charge < -0.3 is 15.1 Å². The van der Waals surface area contributed by atoms with E-state index in [1.807, 2.05) is 0 Å². The van der Waals surface area contributed by atoms with Gasteiger partial charge in [0.05, 0.1) is 26.2 Å². The third kappa shape index (κ3) is 3.67. The van der Waals surface area contributed by atoms with Crippen LogP contribution in [0, 0.1) is 0 Å². The molecule has 3 fully saturated rings. The Morgan fingerprint density at radius 3 is 2.48 bits per heavy atom. The fraction of sp³-hybridized carbons (Fsp3) is 0.458. The van der Waals surface area contributed by atoms with E-state index < -0.39 is 11.6 Å². The first-order chi connectivity index (χ1) is 15.1. The van der Waals surface area contributed by atoms with Gasteiger partial charge in [-0.05, 0) is 23.6 Å². The number of amides is 4. The maximum absolute atomic E-state index is 12.8. The van der Waals surface area contributed by atoms with Gasteiger partial charge in [0.25, 0.3) is 5.91 Å². The molecule has 1 saturated carbocycles. The molecule has 3 aliphatic rings. The van der Waals surface area contributed by atoms with Gasteiger partial charge in [0, 0.05) is 5.56 Å². The molecule has 7 heteroatoms. The zero-order valence-corrected chi connectivity index (χ0v) is 17.7. The van der Waals surface area contributed by atoms with Crippen molar-refractivity contribution in [2.24, 2.45) is 0 Å². The number of benzene rings is 2. The van der Waals surface area contributed by atoms with Crippen molar-refractivity contribution >= 4 is 28.6 Å². The van der Waals surface area contributed by atoms with Gasteiger partial charge in [0.2, 0.25) is 5.91 Å². The predicted octanol–water partition coefficient (Wildman–Crippen LogP) is 0.932. The number of piperazine rings is 1. The van der Waals surface area contributed by atoms with Crippen LogP contribution in [0.4, 0.5) is 4.79 Å². The molecule has 2 N–H and O–H groups in total. The van der Waals surface area contributed by atoms with Crippen LogP contribution in [0.3, 0.4) is 0 Å². The number of nitrogens with one attached hydrogen (secondary N) is 2. The molecule has 0 radical (unpaired) electrons. The highest BCUT2D eigenvalue weighted by Gasteiger charge is 2.52. The zero-order valence-electron chi connectivity index (χ0n) is 17.7. The molecule has 5 rings (SSSR count). The van der Waals surface area contributed by atoms with Crippen molar-refractivity contribution in [1.82, 2.24) is 15.1 Å².